The number of rotatable bonds is 8. The highest BCUT2D eigenvalue weighted by Crippen LogP contribution is 2.19. The number of nitrogens with one attached hydrogen (secondary N) is 1. The molecule has 2 N–H and O–H groups in total. The van der Waals surface area contributed by atoms with Crippen LogP contribution in [-0.4, -0.2) is 35.7 Å². The lowest BCUT2D eigenvalue weighted by Gasteiger charge is -2.23. The Kier molecular flexibility index (Phi) is 6.59. The molecule has 0 aliphatic rings. The Bertz CT molecular complexity index is 502. The van der Waals surface area contributed by atoms with Crippen LogP contribution in [0.4, 0.5) is 0 Å². The molecule has 122 valence electrons. The van der Waals surface area contributed by atoms with E-state index in [2.05, 4.69) is 11.9 Å². The molecule has 0 amide bonds. The molecule has 0 spiro atoms. The predicted molar refractivity (Wildman–Crippen MR) is 86.1 cm³/mol. The third kappa shape index (κ3) is 7.24. The molecule has 0 heterocycles. The van der Waals surface area contributed by atoms with Gasteiger partial charge < -0.3 is 19.9 Å². The van der Waals surface area contributed by atoms with Crippen molar-refractivity contribution in [1.82, 2.24) is 5.32 Å². The number of β-amino-alcohol motifs (C(OH)–C–C–N with tert-alkyl or cyclic N) is 1. The largest absolute Gasteiger partial charge is 0.491 e. The van der Waals surface area contributed by atoms with Gasteiger partial charge in [-0.25, -0.2) is 0 Å². The minimum atomic E-state index is -0.590. The molecule has 1 aromatic rings. The van der Waals surface area contributed by atoms with Crippen LogP contribution in [0, 0.1) is 0 Å². The minimum absolute atomic E-state index is 0.0426. The van der Waals surface area contributed by atoms with Gasteiger partial charge in [0.15, 0.2) is 11.5 Å². The molecule has 0 fully saturated rings. The van der Waals surface area contributed by atoms with Gasteiger partial charge in [0.05, 0.1) is 0 Å². The molecule has 22 heavy (non-hydrogen) atoms. The molecule has 0 aliphatic carbocycles. The molecule has 5 heteroatoms. The normalized spacial score (nSPS) is 12.6. The van der Waals surface area contributed by atoms with Crippen LogP contribution in [0.3, 0.4) is 0 Å². The molecular weight excluding hydrogens is 282 g/mol. The summed E-state index contributed by atoms with van der Waals surface area (Å²) in [5.41, 5.74) is -0.0426. The molecule has 1 rings (SSSR count). The van der Waals surface area contributed by atoms with Gasteiger partial charge >= 0.3 is 0 Å². The summed E-state index contributed by atoms with van der Waals surface area (Å²) in [4.78, 5) is 11.0. The van der Waals surface area contributed by atoms with Crippen molar-refractivity contribution in [2.75, 3.05) is 13.2 Å². The van der Waals surface area contributed by atoms with Crippen LogP contribution in [0.1, 0.15) is 27.7 Å². The zero-order valence-electron chi connectivity index (χ0n) is 13.7. The van der Waals surface area contributed by atoms with Crippen molar-refractivity contribution >= 4 is 5.78 Å². The number of Topliss-reactive ketones (excluding diaryl/α,β-unsaturated/α-hetero) is 1. The van der Waals surface area contributed by atoms with Crippen LogP contribution in [0.5, 0.6) is 11.5 Å². The summed E-state index contributed by atoms with van der Waals surface area (Å²) in [6, 6.07) is 6.80. The lowest BCUT2D eigenvalue weighted by Crippen LogP contribution is -2.42. The molecule has 1 aromatic carbocycles. The monoisotopic (exact) mass is 307 g/mol. The number of ether oxygens (including phenoxy) is 2. The molecule has 0 radical (unpaired) electrons. The first-order valence-corrected chi connectivity index (χ1v) is 7.21. The maximum atomic E-state index is 11.0. The van der Waals surface area contributed by atoms with Crippen LogP contribution in [0.25, 0.3) is 0 Å². The van der Waals surface area contributed by atoms with E-state index < -0.39 is 6.10 Å². The maximum Gasteiger partial charge on any atom is 0.194 e. The van der Waals surface area contributed by atoms with Gasteiger partial charge in [-0.3, -0.25) is 4.79 Å². The molecule has 1 unspecified atom stereocenters. The number of hydrogen-bond acceptors (Lipinski definition) is 5. The molecule has 1 atom stereocenters. The summed E-state index contributed by atoms with van der Waals surface area (Å²) in [5.74, 6) is 1.02. The van der Waals surface area contributed by atoms with Crippen molar-refractivity contribution in [3.8, 4) is 11.5 Å². The first kappa shape index (κ1) is 18.2. The number of ketones is 1. The second kappa shape index (κ2) is 7.96. The Balaban J connectivity index is 2.41. The van der Waals surface area contributed by atoms with E-state index in [1.807, 2.05) is 20.8 Å². The van der Waals surface area contributed by atoms with E-state index >= 15 is 0 Å². The third-order valence-corrected chi connectivity index (χ3v) is 2.77. The summed E-state index contributed by atoms with van der Waals surface area (Å²) < 4.78 is 10.8. The van der Waals surface area contributed by atoms with E-state index in [0.29, 0.717) is 18.0 Å². The Morgan fingerprint density at radius 2 is 1.82 bits per heavy atom. The van der Waals surface area contributed by atoms with Crippen LogP contribution in [-0.2, 0) is 4.79 Å². The van der Waals surface area contributed by atoms with Gasteiger partial charge in [0.1, 0.15) is 24.2 Å². The molecule has 0 saturated heterocycles. The Labute approximate surface area is 131 Å². The number of aliphatic hydroxyl groups is 1. The highest BCUT2D eigenvalue weighted by atomic mass is 16.5. The predicted octanol–water partition coefficient (Wildman–Crippen LogP) is 2.30. The number of hydrogen-bond donors (Lipinski definition) is 2. The second-order valence-electron chi connectivity index (χ2n) is 6.15. The quantitative estimate of drug-likeness (QED) is 0.570. The molecule has 0 aliphatic heterocycles. The van der Waals surface area contributed by atoms with Crippen LogP contribution in [0.2, 0.25) is 0 Å². The number of benzene rings is 1. The number of carbonyl (C=O) groups is 1. The summed E-state index contributed by atoms with van der Waals surface area (Å²) >= 11 is 0. The van der Waals surface area contributed by atoms with E-state index in [0.717, 1.165) is 0 Å². The van der Waals surface area contributed by atoms with Crippen LogP contribution < -0.4 is 14.8 Å². The van der Waals surface area contributed by atoms with Crippen LogP contribution in [0.15, 0.2) is 36.6 Å². The van der Waals surface area contributed by atoms with Crippen molar-refractivity contribution in [2.45, 2.75) is 39.3 Å². The van der Waals surface area contributed by atoms with Gasteiger partial charge in [-0.05, 0) is 45.0 Å². The fourth-order valence-corrected chi connectivity index (χ4v) is 1.49. The molecule has 5 nitrogen and oxygen atoms in total. The fourth-order valence-electron chi connectivity index (χ4n) is 1.49. The first-order valence-electron chi connectivity index (χ1n) is 7.21. The first-order chi connectivity index (χ1) is 10.2. The van der Waals surface area contributed by atoms with Crippen molar-refractivity contribution < 1.29 is 19.4 Å². The van der Waals surface area contributed by atoms with E-state index in [1.165, 1.54) is 6.92 Å². The molecule has 0 bridgehead atoms. The maximum absolute atomic E-state index is 11.0. The standard InChI is InChI=1S/C17H25NO4/c1-12(19)13(2)22-16-8-6-15(7-9-16)21-11-14(20)10-18-17(3,4)5/h6-9,14,18,20H,2,10-11H2,1,3-5H3. The van der Waals surface area contributed by atoms with E-state index in [1.54, 1.807) is 24.3 Å². The summed E-state index contributed by atoms with van der Waals surface area (Å²) in [6.07, 6.45) is -0.590. The number of allylic oxidation sites excluding steroid dienone is 1. The Morgan fingerprint density at radius 3 is 2.32 bits per heavy atom. The van der Waals surface area contributed by atoms with Gasteiger partial charge in [-0.2, -0.15) is 0 Å². The van der Waals surface area contributed by atoms with E-state index in [4.69, 9.17) is 9.47 Å². The highest BCUT2D eigenvalue weighted by Gasteiger charge is 2.12. The Hall–Kier alpha value is -1.85. The lowest BCUT2D eigenvalue weighted by atomic mass is 10.1. The lowest BCUT2D eigenvalue weighted by molar-refractivity contribution is -0.115. The fraction of sp³-hybridized carbons (Fsp3) is 0.471. The zero-order chi connectivity index (χ0) is 16.8. The van der Waals surface area contributed by atoms with Crippen molar-refractivity contribution in [2.24, 2.45) is 0 Å². The SMILES string of the molecule is C=C(Oc1ccc(OCC(O)CNC(C)(C)C)cc1)C(C)=O. The van der Waals surface area contributed by atoms with Gasteiger partial charge in [-0.15, -0.1) is 0 Å². The number of carbonyl (C=O) groups excluding carboxylic acids is 1. The average Bonchev–Trinajstić information content (AvgIpc) is 2.43. The van der Waals surface area contributed by atoms with Gasteiger partial charge in [0, 0.05) is 19.0 Å². The van der Waals surface area contributed by atoms with Gasteiger partial charge in [0.25, 0.3) is 0 Å². The molecule has 0 saturated carbocycles. The van der Waals surface area contributed by atoms with E-state index in [-0.39, 0.29) is 23.7 Å². The molecular formula is C17H25NO4. The van der Waals surface area contributed by atoms with Gasteiger partial charge in [-0.1, -0.05) is 6.58 Å². The summed E-state index contributed by atoms with van der Waals surface area (Å²) in [6.45, 7) is 11.7. The van der Waals surface area contributed by atoms with Crippen molar-refractivity contribution in [3.63, 3.8) is 0 Å². The van der Waals surface area contributed by atoms with Gasteiger partial charge in [0.2, 0.25) is 0 Å². The van der Waals surface area contributed by atoms with E-state index in [9.17, 15) is 9.90 Å². The number of aliphatic hydroxyl groups excluding tert-OH is 1. The van der Waals surface area contributed by atoms with Crippen molar-refractivity contribution in [1.29, 1.82) is 0 Å². The summed E-state index contributed by atoms with van der Waals surface area (Å²) in [5, 5.41) is 13.1. The molecule has 0 aromatic heterocycles. The minimum Gasteiger partial charge on any atom is -0.491 e. The average molecular weight is 307 g/mol. The zero-order valence-corrected chi connectivity index (χ0v) is 13.7. The summed E-state index contributed by atoms with van der Waals surface area (Å²) in [7, 11) is 0. The topological polar surface area (TPSA) is 67.8 Å². The Morgan fingerprint density at radius 1 is 1.27 bits per heavy atom. The van der Waals surface area contributed by atoms with Crippen LogP contribution >= 0.6 is 0 Å². The third-order valence-electron chi connectivity index (χ3n) is 2.77. The van der Waals surface area contributed by atoms with Crippen molar-refractivity contribution in [3.05, 3.63) is 36.6 Å². The second-order valence-corrected chi connectivity index (χ2v) is 6.15. The highest BCUT2D eigenvalue weighted by molar-refractivity contribution is 5.90. The smallest absolute Gasteiger partial charge is 0.194 e.